The molecule has 0 bridgehead atoms. The number of nitrogens with one attached hydrogen (secondary N) is 2. The number of anilines is 1. The number of hydrogen-bond donors (Lipinski definition) is 2. The zero-order valence-electron chi connectivity index (χ0n) is 16.3. The van der Waals surface area contributed by atoms with Crippen molar-refractivity contribution in [3.63, 3.8) is 0 Å². The molecular formula is C21H23N3O3S. The molecule has 2 aromatic carbocycles. The van der Waals surface area contributed by atoms with E-state index in [9.17, 15) is 13.2 Å². The van der Waals surface area contributed by atoms with Crippen LogP contribution < -0.4 is 10.0 Å². The van der Waals surface area contributed by atoms with Gasteiger partial charge in [-0.05, 0) is 58.0 Å². The first-order chi connectivity index (χ1) is 13.0. The van der Waals surface area contributed by atoms with Crippen molar-refractivity contribution in [3.8, 4) is 0 Å². The second kappa shape index (κ2) is 7.33. The van der Waals surface area contributed by atoms with Crippen LogP contribution in [0.3, 0.4) is 0 Å². The number of aryl methyl sites for hydroxylation is 1. The molecule has 0 radical (unpaired) electrons. The normalized spacial score (nSPS) is 12.1. The number of nitrogens with zero attached hydrogens (tertiary/aromatic N) is 1. The number of carbonyl (C=O) groups excluding carboxylic acids is 1. The smallest absolute Gasteiger partial charge is 0.256 e. The standard InChI is InChI=1S/C21H23N3O3S/c1-14-12-18(17-10-5-6-11-19(17)22-14)20(25)23-15-8-7-9-16(13-15)28(26,27)24-21(2,3)4/h5-13,24H,1-4H3,(H,23,25). The molecule has 28 heavy (non-hydrogen) atoms. The molecule has 0 fully saturated rings. The number of para-hydroxylation sites is 1. The van der Waals surface area contributed by atoms with E-state index in [1.807, 2.05) is 31.2 Å². The lowest BCUT2D eigenvalue weighted by molar-refractivity contribution is 0.102. The predicted molar refractivity (Wildman–Crippen MR) is 111 cm³/mol. The molecule has 1 amide bonds. The van der Waals surface area contributed by atoms with E-state index in [1.54, 1.807) is 39.0 Å². The average Bonchev–Trinajstić information content (AvgIpc) is 2.59. The summed E-state index contributed by atoms with van der Waals surface area (Å²) >= 11 is 0. The number of carbonyl (C=O) groups is 1. The van der Waals surface area contributed by atoms with Gasteiger partial charge in [0.1, 0.15) is 0 Å². The molecule has 0 atom stereocenters. The summed E-state index contributed by atoms with van der Waals surface area (Å²) in [4.78, 5) is 17.4. The first-order valence-corrected chi connectivity index (χ1v) is 10.4. The quantitative estimate of drug-likeness (QED) is 0.699. The molecule has 0 spiro atoms. The Bertz CT molecular complexity index is 1150. The zero-order chi connectivity index (χ0) is 20.5. The highest BCUT2D eigenvalue weighted by atomic mass is 32.2. The van der Waals surface area contributed by atoms with Crippen LogP contribution in [0.4, 0.5) is 5.69 Å². The molecule has 3 rings (SSSR count). The van der Waals surface area contributed by atoms with E-state index in [1.165, 1.54) is 12.1 Å². The summed E-state index contributed by atoms with van der Waals surface area (Å²) in [6.07, 6.45) is 0. The number of amides is 1. The highest BCUT2D eigenvalue weighted by Crippen LogP contribution is 2.21. The van der Waals surface area contributed by atoms with Crippen LogP contribution in [0.25, 0.3) is 10.9 Å². The Morgan fingerprint density at radius 3 is 2.43 bits per heavy atom. The SMILES string of the molecule is Cc1cc(C(=O)Nc2cccc(S(=O)(=O)NC(C)(C)C)c2)c2ccccc2n1. The van der Waals surface area contributed by atoms with Crippen LogP contribution in [-0.2, 0) is 10.0 Å². The van der Waals surface area contributed by atoms with Crippen LogP contribution >= 0.6 is 0 Å². The molecule has 1 aromatic heterocycles. The van der Waals surface area contributed by atoms with Gasteiger partial charge in [0.25, 0.3) is 5.91 Å². The van der Waals surface area contributed by atoms with Gasteiger partial charge >= 0.3 is 0 Å². The van der Waals surface area contributed by atoms with E-state index in [2.05, 4.69) is 15.0 Å². The number of rotatable bonds is 4. The number of fused-ring (bicyclic) bond motifs is 1. The molecular weight excluding hydrogens is 374 g/mol. The highest BCUT2D eigenvalue weighted by molar-refractivity contribution is 7.89. The number of aromatic nitrogens is 1. The van der Waals surface area contributed by atoms with Crippen LogP contribution in [0.15, 0.2) is 59.5 Å². The number of sulfonamides is 1. The van der Waals surface area contributed by atoms with Gasteiger partial charge in [-0.2, -0.15) is 0 Å². The molecule has 0 aliphatic carbocycles. The fourth-order valence-corrected chi connectivity index (χ4v) is 4.36. The van der Waals surface area contributed by atoms with Crippen LogP contribution in [0.1, 0.15) is 36.8 Å². The molecule has 2 N–H and O–H groups in total. The van der Waals surface area contributed by atoms with E-state index in [4.69, 9.17) is 0 Å². The lowest BCUT2D eigenvalue weighted by Gasteiger charge is -2.20. The monoisotopic (exact) mass is 397 g/mol. The van der Waals surface area contributed by atoms with E-state index in [0.717, 1.165) is 16.6 Å². The van der Waals surface area contributed by atoms with Gasteiger partial charge in [0.15, 0.2) is 0 Å². The molecule has 1 heterocycles. The molecule has 7 heteroatoms. The predicted octanol–water partition coefficient (Wildman–Crippen LogP) is 3.87. The fraction of sp³-hybridized carbons (Fsp3) is 0.238. The van der Waals surface area contributed by atoms with Crippen molar-refractivity contribution in [2.45, 2.75) is 38.1 Å². The van der Waals surface area contributed by atoms with Crippen molar-refractivity contribution in [1.29, 1.82) is 0 Å². The Labute approximate surface area is 165 Å². The molecule has 6 nitrogen and oxygen atoms in total. The van der Waals surface area contributed by atoms with Crippen molar-refractivity contribution in [2.75, 3.05) is 5.32 Å². The first-order valence-electron chi connectivity index (χ1n) is 8.87. The van der Waals surface area contributed by atoms with Gasteiger partial charge < -0.3 is 5.32 Å². The van der Waals surface area contributed by atoms with Crippen LogP contribution in [-0.4, -0.2) is 24.8 Å². The van der Waals surface area contributed by atoms with Crippen LogP contribution in [0.5, 0.6) is 0 Å². The molecule has 0 aliphatic heterocycles. The lowest BCUT2D eigenvalue weighted by atomic mass is 10.1. The maximum absolute atomic E-state index is 12.9. The summed E-state index contributed by atoms with van der Waals surface area (Å²) in [7, 11) is -3.69. The van der Waals surface area contributed by atoms with Crippen LogP contribution in [0.2, 0.25) is 0 Å². The van der Waals surface area contributed by atoms with Gasteiger partial charge in [0.2, 0.25) is 10.0 Å². The highest BCUT2D eigenvalue weighted by Gasteiger charge is 2.22. The Kier molecular flexibility index (Phi) is 5.23. The van der Waals surface area contributed by atoms with E-state index in [-0.39, 0.29) is 10.8 Å². The molecule has 146 valence electrons. The van der Waals surface area contributed by atoms with E-state index >= 15 is 0 Å². The van der Waals surface area contributed by atoms with Crippen molar-refractivity contribution in [1.82, 2.24) is 9.71 Å². The molecule has 0 saturated heterocycles. The van der Waals surface area contributed by atoms with Crippen molar-refractivity contribution < 1.29 is 13.2 Å². The second-order valence-electron chi connectivity index (χ2n) is 7.67. The Morgan fingerprint density at radius 1 is 1.00 bits per heavy atom. The van der Waals surface area contributed by atoms with E-state index < -0.39 is 15.6 Å². The third kappa shape index (κ3) is 4.55. The minimum absolute atomic E-state index is 0.0935. The summed E-state index contributed by atoms with van der Waals surface area (Å²) in [5, 5.41) is 3.53. The van der Waals surface area contributed by atoms with Crippen molar-refractivity contribution in [3.05, 3.63) is 65.9 Å². The Hall–Kier alpha value is -2.77. The van der Waals surface area contributed by atoms with Crippen molar-refractivity contribution >= 4 is 32.5 Å². The molecule has 3 aromatic rings. The van der Waals surface area contributed by atoms with Gasteiger partial charge in [-0.3, -0.25) is 9.78 Å². The Morgan fingerprint density at radius 2 is 1.71 bits per heavy atom. The summed E-state index contributed by atoms with van der Waals surface area (Å²) in [6.45, 7) is 7.14. The second-order valence-corrected chi connectivity index (χ2v) is 9.35. The number of hydrogen-bond acceptors (Lipinski definition) is 4. The van der Waals surface area contributed by atoms with Crippen molar-refractivity contribution in [2.24, 2.45) is 0 Å². The minimum Gasteiger partial charge on any atom is -0.322 e. The topological polar surface area (TPSA) is 88.2 Å². The maximum atomic E-state index is 12.9. The van der Waals surface area contributed by atoms with Gasteiger partial charge in [-0.1, -0.05) is 24.3 Å². The average molecular weight is 398 g/mol. The minimum atomic E-state index is -3.69. The van der Waals surface area contributed by atoms with Crippen LogP contribution in [0, 0.1) is 6.92 Å². The molecule has 0 unspecified atom stereocenters. The van der Waals surface area contributed by atoms with Gasteiger partial charge in [-0.25, -0.2) is 13.1 Å². The Balaban J connectivity index is 1.92. The number of benzene rings is 2. The molecule has 0 aliphatic rings. The van der Waals surface area contributed by atoms with Gasteiger partial charge in [0, 0.05) is 22.3 Å². The third-order valence-electron chi connectivity index (χ3n) is 3.93. The van der Waals surface area contributed by atoms with Gasteiger partial charge in [-0.15, -0.1) is 0 Å². The number of pyridine rings is 1. The zero-order valence-corrected chi connectivity index (χ0v) is 17.1. The largest absolute Gasteiger partial charge is 0.322 e. The third-order valence-corrected chi connectivity index (χ3v) is 5.69. The van der Waals surface area contributed by atoms with Gasteiger partial charge in [0.05, 0.1) is 16.0 Å². The summed E-state index contributed by atoms with van der Waals surface area (Å²) in [6, 6.07) is 15.3. The molecule has 0 saturated carbocycles. The fourth-order valence-electron chi connectivity index (χ4n) is 2.90. The maximum Gasteiger partial charge on any atom is 0.256 e. The lowest BCUT2D eigenvalue weighted by Crippen LogP contribution is -2.40. The van der Waals surface area contributed by atoms with E-state index in [0.29, 0.717) is 11.3 Å². The summed E-state index contributed by atoms with van der Waals surface area (Å²) in [5.74, 6) is -0.319. The summed E-state index contributed by atoms with van der Waals surface area (Å²) in [5.41, 5.74) is 1.75. The first kappa shape index (κ1) is 20.0. The summed E-state index contributed by atoms with van der Waals surface area (Å²) < 4.78 is 27.7.